The van der Waals surface area contributed by atoms with Crippen molar-refractivity contribution in [3.8, 4) is 0 Å². The van der Waals surface area contributed by atoms with Crippen LogP contribution in [-0.4, -0.2) is 39.5 Å². The first-order valence-electron chi connectivity index (χ1n) is 8.63. The Balaban J connectivity index is 1.43. The van der Waals surface area contributed by atoms with Crippen LogP contribution in [0.1, 0.15) is 51.8 Å². The molecule has 26 heavy (non-hydrogen) atoms. The van der Waals surface area contributed by atoms with E-state index in [2.05, 4.69) is 15.5 Å². The van der Waals surface area contributed by atoms with Gasteiger partial charge in [0.1, 0.15) is 10.8 Å². The number of aryl methyl sites for hydroxylation is 1. The van der Waals surface area contributed by atoms with E-state index in [1.54, 1.807) is 0 Å². The van der Waals surface area contributed by atoms with Crippen molar-refractivity contribution in [3.05, 3.63) is 21.8 Å². The zero-order chi connectivity index (χ0) is 18.3. The summed E-state index contributed by atoms with van der Waals surface area (Å²) in [5.74, 6) is 1.20. The van der Waals surface area contributed by atoms with Crippen molar-refractivity contribution in [2.45, 2.75) is 43.2 Å². The largest absolute Gasteiger partial charge is 0.465 e. The number of carbonyl (C=O) groups is 2. The van der Waals surface area contributed by atoms with Crippen LogP contribution in [0.3, 0.4) is 0 Å². The molecule has 0 radical (unpaired) electrons. The second-order valence-corrected chi connectivity index (χ2v) is 8.61. The normalized spacial score (nSPS) is 15.8. The monoisotopic (exact) mass is 392 g/mol. The number of nitrogens with zero attached hydrogens (tertiary/aromatic N) is 3. The van der Waals surface area contributed by atoms with Gasteiger partial charge in [0.05, 0.1) is 18.4 Å². The number of ether oxygens (including phenoxy) is 1. The van der Waals surface area contributed by atoms with Crippen molar-refractivity contribution >= 4 is 40.0 Å². The van der Waals surface area contributed by atoms with Gasteiger partial charge >= 0.3 is 5.97 Å². The molecule has 138 valence electrons. The number of nitrogens with one attached hydrogen (secondary N) is 1. The lowest BCUT2D eigenvalue weighted by Gasteiger charge is -2.07. The van der Waals surface area contributed by atoms with Crippen molar-refractivity contribution in [1.82, 2.24) is 14.8 Å². The molecule has 2 aliphatic carbocycles. The third-order valence-corrected chi connectivity index (χ3v) is 6.93. The Morgan fingerprint density at radius 3 is 2.88 bits per heavy atom. The summed E-state index contributed by atoms with van der Waals surface area (Å²) >= 11 is 2.84. The van der Waals surface area contributed by atoms with Gasteiger partial charge in [-0.05, 0) is 37.7 Å². The van der Waals surface area contributed by atoms with Gasteiger partial charge in [-0.3, -0.25) is 4.79 Å². The summed E-state index contributed by atoms with van der Waals surface area (Å²) in [6.07, 6.45) is 5.19. The molecular weight excluding hydrogens is 372 g/mol. The minimum Gasteiger partial charge on any atom is -0.465 e. The van der Waals surface area contributed by atoms with Gasteiger partial charge in [-0.2, -0.15) is 0 Å². The predicted molar refractivity (Wildman–Crippen MR) is 100 cm³/mol. The van der Waals surface area contributed by atoms with E-state index in [1.807, 2.05) is 11.6 Å². The number of hydrogen-bond donors (Lipinski definition) is 1. The van der Waals surface area contributed by atoms with Gasteiger partial charge in [-0.15, -0.1) is 21.5 Å². The highest BCUT2D eigenvalue weighted by Crippen LogP contribution is 2.40. The molecule has 4 rings (SSSR count). The number of thioether (sulfide) groups is 1. The highest BCUT2D eigenvalue weighted by molar-refractivity contribution is 7.99. The Morgan fingerprint density at radius 2 is 2.15 bits per heavy atom. The molecule has 1 amide bonds. The number of hydrogen-bond acceptors (Lipinski definition) is 7. The van der Waals surface area contributed by atoms with Crippen LogP contribution in [0.5, 0.6) is 0 Å². The van der Waals surface area contributed by atoms with Crippen LogP contribution < -0.4 is 5.32 Å². The summed E-state index contributed by atoms with van der Waals surface area (Å²) in [5.41, 5.74) is 1.56. The highest BCUT2D eigenvalue weighted by atomic mass is 32.2. The lowest BCUT2D eigenvalue weighted by molar-refractivity contribution is -0.113. The van der Waals surface area contributed by atoms with Crippen LogP contribution in [0.2, 0.25) is 0 Å². The van der Waals surface area contributed by atoms with Gasteiger partial charge < -0.3 is 14.6 Å². The summed E-state index contributed by atoms with van der Waals surface area (Å²) in [4.78, 5) is 25.7. The number of aromatic nitrogens is 3. The minimum atomic E-state index is -0.380. The van der Waals surface area contributed by atoms with Gasteiger partial charge in [-0.1, -0.05) is 11.8 Å². The number of amides is 1. The molecule has 9 heteroatoms. The number of esters is 1. The topological polar surface area (TPSA) is 86.1 Å². The zero-order valence-electron chi connectivity index (χ0n) is 14.7. The van der Waals surface area contributed by atoms with Crippen LogP contribution in [0.4, 0.5) is 5.00 Å². The molecule has 0 aliphatic heterocycles. The molecule has 2 aromatic rings. The fourth-order valence-corrected chi connectivity index (χ4v) is 5.26. The van der Waals surface area contributed by atoms with E-state index in [9.17, 15) is 9.59 Å². The van der Waals surface area contributed by atoms with E-state index in [0.717, 1.165) is 48.6 Å². The molecule has 2 heterocycles. The fourth-order valence-electron chi connectivity index (χ4n) is 3.25. The lowest BCUT2D eigenvalue weighted by Crippen LogP contribution is -2.16. The van der Waals surface area contributed by atoms with Crippen LogP contribution in [0.25, 0.3) is 0 Å². The van der Waals surface area contributed by atoms with E-state index in [1.165, 1.54) is 35.1 Å². The number of methoxy groups -OCH3 is 1. The van der Waals surface area contributed by atoms with Crippen molar-refractivity contribution in [2.24, 2.45) is 7.05 Å². The molecule has 0 spiro atoms. The molecule has 1 N–H and O–H groups in total. The van der Waals surface area contributed by atoms with Crippen LogP contribution in [-0.2, 0) is 29.4 Å². The molecular formula is C17H20N4O3S2. The highest BCUT2D eigenvalue weighted by Gasteiger charge is 2.30. The Labute approximate surface area is 159 Å². The van der Waals surface area contributed by atoms with Gasteiger partial charge in [-0.25, -0.2) is 4.79 Å². The van der Waals surface area contributed by atoms with Crippen LogP contribution >= 0.6 is 23.1 Å². The number of thiophene rings is 1. The lowest BCUT2D eigenvalue weighted by atomic mass is 10.1. The molecule has 1 saturated carbocycles. The van der Waals surface area contributed by atoms with Crippen molar-refractivity contribution in [3.63, 3.8) is 0 Å². The summed E-state index contributed by atoms with van der Waals surface area (Å²) < 4.78 is 6.88. The second kappa shape index (κ2) is 7.03. The van der Waals surface area contributed by atoms with Crippen molar-refractivity contribution < 1.29 is 14.3 Å². The summed E-state index contributed by atoms with van der Waals surface area (Å²) in [6, 6.07) is 0. The average Bonchev–Trinajstić information content (AvgIpc) is 3.11. The third-order valence-electron chi connectivity index (χ3n) is 4.71. The summed E-state index contributed by atoms with van der Waals surface area (Å²) in [6.45, 7) is 0. The third kappa shape index (κ3) is 3.25. The molecule has 0 aromatic carbocycles. The predicted octanol–water partition coefficient (Wildman–Crippen LogP) is 2.76. The Hall–Kier alpha value is -1.87. The number of rotatable bonds is 6. The van der Waals surface area contributed by atoms with Crippen molar-refractivity contribution in [2.75, 3.05) is 18.2 Å². The number of fused-ring (bicyclic) bond motifs is 1. The maximum absolute atomic E-state index is 12.4. The van der Waals surface area contributed by atoms with Crippen LogP contribution in [0, 0.1) is 0 Å². The average molecular weight is 393 g/mol. The standard InChI is InChI=1S/C17H20N4O3S2/c1-21-14(9-6-7-9)19-20-17(21)25-8-12(22)18-15-13(16(23)24-2)10-4-3-5-11(10)26-15/h9H,3-8H2,1-2H3,(H,18,22). The smallest absolute Gasteiger partial charge is 0.341 e. The summed E-state index contributed by atoms with van der Waals surface area (Å²) in [5, 5.41) is 12.6. The van der Waals surface area contributed by atoms with E-state index in [4.69, 9.17) is 4.74 Å². The fraction of sp³-hybridized carbons (Fsp3) is 0.529. The molecule has 1 fully saturated rings. The molecule has 2 aromatic heterocycles. The van der Waals surface area contributed by atoms with E-state index in [0.29, 0.717) is 16.5 Å². The number of carbonyl (C=O) groups excluding carboxylic acids is 2. The minimum absolute atomic E-state index is 0.156. The van der Waals surface area contributed by atoms with E-state index < -0.39 is 0 Å². The van der Waals surface area contributed by atoms with Gasteiger partial charge in [0.15, 0.2) is 5.16 Å². The molecule has 0 atom stereocenters. The molecule has 0 saturated heterocycles. The first-order valence-corrected chi connectivity index (χ1v) is 10.4. The van der Waals surface area contributed by atoms with Crippen molar-refractivity contribution in [1.29, 1.82) is 0 Å². The van der Waals surface area contributed by atoms with E-state index in [-0.39, 0.29) is 17.6 Å². The summed E-state index contributed by atoms with van der Waals surface area (Å²) in [7, 11) is 3.31. The maximum Gasteiger partial charge on any atom is 0.341 e. The quantitative estimate of drug-likeness (QED) is 0.601. The molecule has 0 unspecified atom stereocenters. The zero-order valence-corrected chi connectivity index (χ0v) is 16.3. The van der Waals surface area contributed by atoms with Crippen LogP contribution in [0.15, 0.2) is 5.16 Å². The van der Waals surface area contributed by atoms with Gasteiger partial charge in [0, 0.05) is 17.8 Å². The Morgan fingerprint density at radius 1 is 1.35 bits per heavy atom. The molecule has 2 aliphatic rings. The Kier molecular flexibility index (Phi) is 4.74. The molecule has 0 bridgehead atoms. The first-order chi connectivity index (χ1) is 12.6. The van der Waals surface area contributed by atoms with Gasteiger partial charge in [0.2, 0.25) is 5.91 Å². The first kappa shape index (κ1) is 17.5. The van der Waals surface area contributed by atoms with Gasteiger partial charge in [0.25, 0.3) is 0 Å². The maximum atomic E-state index is 12.4. The molecule has 7 nitrogen and oxygen atoms in total. The van der Waals surface area contributed by atoms with E-state index >= 15 is 0 Å². The second-order valence-electron chi connectivity index (χ2n) is 6.56. The SMILES string of the molecule is COC(=O)c1c(NC(=O)CSc2nnc(C3CC3)n2C)sc2c1CCC2. The Bertz CT molecular complexity index is 870. The number of anilines is 1.